The second-order valence-corrected chi connectivity index (χ2v) is 31.4. The number of carboxylic acids is 1. The number of primary amides is 1. The van der Waals surface area contributed by atoms with Crippen LogP contribution in [-0.2, 0) is 86.3 Å². The zero-order valence-electron chi connectivity index (χ0n) is 69.6. The van der Waals surface area contributed by atoms with E-state index in [4.69, 9.17) is 28.7 Å². The van der Waals surface area contributed by atoms with Crippen molar-refractivity contribution in [3.63, 3.8) is 0 Å². The van der Waals surface area contributed by atoms with E-state index in [1.807, 2.05) is 13.8 Å². The Bertz CT molecular complexity index is 3440. The van der Waals surface area contributed by atoms with E-state index >= 15 is 0 Å². The van der Waals surface area contributed by atoms with Gasteiger partial charge in [-0.25, -0.2) is 4.79 Å². The summed E-state index contributed by atoms with van der Waals surface area (Å²) in [5.74, 6) is -19.3. The number of nitrogens with two attached hydrogens (primary N) is 5. The molecule has 1 rings (SSSR count). The van der Waals surface area contributed by atoms with Crippen LogP contribution in [0.25, 0.3) is 0 Å². The number of rotatable bonds is 55. The normalized spacial score (nSPS) is 16.6. The van der Waals surface area contributed by atoms with Crippen molar-refractivity contribution in [2.45, 2.75) is 264 Å². The minimum Gasteiger partial charge on any atom is -0.480 e. The molecule has 1 heterocycles. The second-order valence-electron chi connectivity index (χ2n) is 30.7. The van der Waals surface area contributed by atoms with Gasteiger partial charge in [-0.3, -0.25) is 86.5 Å². The molecule has 0 radical (unpaired) electrons. The third-order valence-electron chi connectivity index (χ3n) is 18.8. The molecule has 1 saturated heterocycles. The van der Waals surface area contributed by atoms with E-state index in [0.717, 1.165) is 18.7 Å². The van der Waals surface area contributed by atoms with Crippen LogP contribution in [0, 0.1) is 29.6 Å². The van der Waals surface area contributed by atoms with Gasteiger partial charge in [0.25, 0.3) is 0 Å². The molecular weight excluding hydrogens is 1590 g/mol. The summed E-state index contributed by atoms with van der Waals surface area (Å²) >= 11 is 8.32. The summed E-state index contributed by atoms with van der Waals surface area (Å²) in [4.78, 5) is 247. The van der Waals surface area contributed by atoms with Crippen LogP contribution in [-0.4, -0.2) is 280 Å². The summed E-state index contributed by atoms with van der Waals surface area (Å²) < 4.78 is 0. The van der Waals surface area contributed by atoms with Crippen molar-refractivity contribution in [2.75, 3.05) is 50.8 Å². The number of likely N-dealkylation sites (tertiary alicyclic amines) is 1. The number of nitrogens with one attached hydrogen (secondary N) is 15. The fourth-order valence-corrected chi connectivity index (χ4v) is 12.4. The van der Waals surface area contributed by atoms with E-state index in [9.17, 15) is 102 Å². The average molecular weight is 1720 g/mol. The summed E-state index contributed by atoms with van der Waals surface area (Å²) in [6.45, 7) is 18.7. The first-order valence-electron chi connectivity index (χ1n) is 39.5. The van der Waals surface area contributed by atoms with E-state index in [1.54, 1.807) is 55.4 Å². The van der Waals surface area contributed by atoms with Crippen LogP contribution in [0.4, 0.5) is 0 Å². The lowest BCUT2D eigenvalue weighted by atomic mass is 9.96. The van der Waals surface area contributed by atoms with Gasteiger partial charge < -0.3 is 129 Å². The van der Waals surface area contributed by atoms with Crippen LogP contribution in [0.15, 0.2) is 4.99 Å². The minimum atomic E-state index is -1.82. The van der Waals surface area contributed by atoms with Crippen molar-refractivity contribution in [2.24, 2.45) is 63.3 Å². The Morgan fingerprint density at radius 2 is 0.873 bits per heavy atom. The van der Waals surface area contributed by atoms with E-state index in [-0.39, 0.29) is 88.1 Å². The number of aliphatic carboxylic acids is 1. The van der Waals surface area contributed by atoms with E-state index in [2.05, 4.69) is 110 Å². The van der Waals surface area contributed by atoms with Crippen LogP contribution >= 0.6 is 25.3 Å². The van der Waals surface area contributed by atoms with Crippen LogP contribution in [0.1, 0.15) is 167 Å². The summed E-state index contributed by atoms with van der Waals surface area (Å²) in [5, 5.41) is 68.0. The maximum Gasteiger partial charge on any atom is 0.326 e. The molecule has 45 heteroatoms. The fraction of sp³-hybridized carbons (Fsp3) is 0.740. The van der Waals surface area contributed by atoms with Crippen LogP contribution in [0.3, 0.4) is 0 Å². The highest BCUT2D eigenvalue weighted by molar-refractivity contribution is 7.80. The number of unbranched alkanes of at least 4 members (excludes halogenated alkanes) is 1. The maximum absolute atomic E-state index is 14.4. The predicted molar refractivity (Wildman–Crippen MR) is 439 cm³/mol. The minimum absolute atomic E-state index is 0.0112. The molecule has 0 aromatic heterocycles. The SMILES string of the molecule is CC[C@H](C)[C@H](NC(=O)[C@H](CCC(N)=O)NC(=O)CNC(=O)[C@@H](NC(=O)[C@H](CS)NC(=O)[C@H](CC(C)C)NC(=O)CNC(=O)[C@@H](NC(=O)[C@@H](NC(=O)[C@@H](N)CC(C)C)C(C)C)C(C)C)[C@@H](C)O)C(=O)N[C@@H](CCCCN)C(=O)N[C@H](C(=O)NCC(=O)N1CCC[C@H]1C(=O)N[C@@H](C)C(=O)N[C@@H](CS)C(=O)N[C@@H](CCCN=C(N)N)C(=O)O)[C@@H](C)O. The number of amides is 17. The first kappa shape index (κ1) is 106. The molecule has 1 fully saturated rings. The van der Waals surface area contributed by atoms with Crippen molar-refractivity contribution in [1.29, 1.82) is 0 Å². The first-order chi connectivity index (χ1) is 55.2. The summed E-state index contributed by atoms with van der Waals surface area (Å²) in [6.07, 6.45) is -2.67. The number of aliphatic hydroxyl groups excluding tert-OH is 2. The van der Waals surface area contributed by atoms with Crippen molar-refractivity contribution in [3.05, 3.63) is 0 Å². The zero-order chi connectivity index (χ0) is 90.1. The molecule has 0 aliphatic carbocycles. The number of hydrogen-bond acceptors (Lipinski definition) is 25. The van der Waals surface area contributed by atoms with Crippen molar-refractivity contribution in [1.82, 2.24) is 84.7 Å². The number of carbonyl (C=O) groups excluding carboxylic acids is 17. The molecule has 1 aliphatic rings. The average Bonchev–Trinajstić information content (AvgIpc) is 1.64. The highest BCUT2D eigenvalue weighted by Crippen LogP contribution is 2.19. The van der Waals surface area contributed by atoms with E-state index < -0.39 is 259 Å². The Hall–Kier alpha value is -9.73. The van der Waals surface area contributed by atoms with Gasteiger partial charge in [-0.2, -0.15) is 25.3 Å². The number of nitrogens with zero attached hydrogens (tertiary/aromatic N) is 2. The van der Waals surface area contributed by atoms with Crippen molar-refractivity contribution in [3.8, 4) is 0 Å². The van der Waals surface area contributed by atoms with Gasteiger partial charge in [0.15, 0.2) is 5.96 Å². The fourth-order valence-electron chi connectivity index (χ4n) is 11.9. The van der Waals surface area contributed by atoms with Crippen LogP contribution < -0.4 is 108 Å². The number of thiol groups is 2. The third kappa shape index (κ3) is 38.8. The lowest BCUT2D eigenvalue weighted by molar-refractivity contribution is -0.142. The molecule has 17 atom stereocenters. The molecule has 1 aliphatic heterocycles. The number of aliphatic imine (C=N–C) groups is 1. The molecule has 17 amide bonds. The highest BCUT2D eigenvalue weighted by Gasteiger charge is 2.40. The predicted octanol–water partition coefficient (Wildman–Crippen LogP) is -7.90. The summed E-state index contributed by atoms with van der Waals surface area (Å²) in [5.41, 5.74) is 27.8. The zero-order valence-corrected chi connectivity index (χ0v) is 71.4. The van der Waals surface area contributed by atoms with Crippen LogP contribution in [0.2, 0.25) is 0 Å². The molecule has 0 bridgehead atoms. The largest absolute Gasteiger partial charge is 0.480 e. The molecule has 0 spiro atoms. The second kappa shape index (κ2) is 54.4. The van der Waals surface area contributed by atoms with Gasteiger partial charge in [0.2, 0.25) is 100 Å². The number of carbonyl (C=O) groups is 18. The standard InChI is InChI=1S/C73H130N22O21S2/c1-14-38(10)56(71(114)86-43(19-15-16-24-74)61(104)93-58(41(13)97)69(112)82-31-53(101)95-26-18-21-49(95)66(109)83-39(11)59(102)88-47(32-117)64(107)87-45(72(115)116)20-17-25-79-73(77)78)92-62(105)44(22-23-50(76)98)84-51(99)29-81-68(111)57(40(12)96)94-65(108)48(33-118)89-63(106)46(28-35(4)5)85-52(100)30-80-67(110)54(36(6)7)91-70(113)55(37(8)9)90-60(103)42(75)27-34(2)3/h34-49,54-58,96-97,117-118H,14-33,74-75H2,1-13H3,(H2,76,98)(H,80,110)(H,81,111)(H,82,112)(H,83,109)(H,84,99)(H,85,100)(H,86,114)(H,87,107)(H,88,102)(H,89,106)(H,90,103)(H,91,113)(H,92,105)(H,93,104)(H,94,108)(H,115,116)(H4,77,78,79)/t38-,39-,40+,41+,42-,43-,44-,45-,46-,47-,48-,49-,54-,55-,56-,57-,58-/m0/s1. The topological polar surface area (TPSA) is 694 Å². The van der Waals surface area contributed by atoms with Crippen LogP contribution in [0.5, 0.6) is 0 Å². The molecule has 0 aromatic carbocycles. The molecule has 0 saturated carbocycles. The Morgan fingerprint density at radius 3 is 1.35 bits per heavy atom. The summed E-state index contributed by atoms with van der Waals surface area (Å²) in [6, 6.07) is -19.3. The van der Waals surface area contributed by atoms with Crippen molar-refractivity contribution >= 4 is 138 Å². The van der Waals surface area contributed by atoms with Gasteiger partial charge in [-0.1, -0.05) is 75.7 Å². The lowest BCUT2D eigenvalue weighted by Crippen LogP contribution is -2.61. The monoisotopic (exact) mass is 1710 g/mol. The number of guanidine groups is 1. The third-order valence-corrected chi connectivity index (χ3v) is 19.6. The maximum atomic E-state index is 14.4. The van der Waals surface area contributed by atoms with Gasteiger partial charge in [0.05, 0.1) is 37.9 Å². The number of carboxylic acid groups (broad SMARTS) is 1. The quantitative estimate of drug-likeness (QED) is 0.0116. The molecule has 43 nitrogen and oxygen atoms in total. The smallest absolute Gasteiger partial charge is 0.326 e. The molecule has 0 unspecified atom stereocenters. The van der Waals surface area contributed by atoms with Gasteiger partial charge >= 0.3 is 5.97 Å². The Kier molecular flexibility index (Phi) is 49.0. The number of aliphatic hydroxyl groups is 2. The highest BCUT2D eigenvalue weighted by atomic mass is 32.1. The Balaban J connectivity index is 3.22. The molecule has 0 aromatic rings. The molecule has 28 N–H and O–H groups in total. The summed E-state index contributed by atoms with van der Waals surface area (Å²) in [7, 11) is 0. The molecule has 670 valence electrons. The first-order valence-corrected chi connectivity index (χ1v) is 40.8. The number of hydrogen-bond donors (Lipinski definition) is 25. The van der Waals surface area contributed by atoms with Crippen molar-refractivity contribution < 1.29 is 102 Å². The van der Waals surface area contributed by atoms with Gasteiger partial charge in [0.1, 0.15) is 78.5 Å². The molecular formula is C73H130N22O21S2. The van der Waals surface area contributed by atoms with Gasteiger partial charge in [-0.15, -0.1) is 0 Å². The lowest BCUT2D eigenvalue weighted by Gasteiger charge is -2.29. The Labute approximate surface area is 698 Å². The Morgan fingerprint density at radius 1 is 0.458 bits per heavy atom. The molecule has 118 heavy (non-hydrogen) atoms. The van der Waals surface area contributed by atoms with Gasteiger partial charge in [-0.05, 0) is 121 Å². The van der Waals surface area contributed by atoms with Gasteiger partial charge in [0, 0.05) is 31.0 Å². The van der Waals surface area contributed by atoms with E-state index in [0.29, 0.717) is 19.3 Å². The van der Waals surface area contributed by atoms with E-state index in [1.165, 1.54) is 6.92 Å².